The topological polar surface area (TPSA) is 64.3 Å². The lowest BCUT2D eigenvalue weighted by molar-refractivity contribution is -0.118. The summed E-state index contributed by atoms with van der Waals surface area (Å²) < 4.78 is 19.3. The highest BCUT2D eigenvalue weighted by Crippen LogP contribution is 2.34. The summed E-state index contributed by atoms with van der Waals surface area (Å²) in [5, 5.41) is 2.86. The van der Waals surface area contributed by atoms with Crippen LogP contribution in [0.5, 0.6) is 5.75 Å². The van der Waals surface area contributed by atoms with Crippen molar-refractivity contribution in [1.29, 1.82) is 0 Å². The zero-order valence-electron chi connectivity index (χ0n) is 10.7. The third-order valence-electron chi connectivity index (χ3n) is 2.53. The minimum Gasteiger partial charge on any atom is -0.480 e. The highest BCUT2D eigenvalue weighted by Gasteiger charge is 2.11. The fraction of sp³-hybridized carbons (Fsp3) is 0.0714. The van der Waals surface area contributed by atoms with Crippen molar-refractivity contribution in [3.63, 3.8) is 0 Å². The number of para-hydroxylation sites is 1. The van der Waals surface area contributed by atoms with Crippen molar-refractivity contribution >= 4 is 44.8 Å². The summed E-state index contributed by atoms with van der Waals surface area (Å²) in [6.07, 6.45) is 0. The van der Waals surface area contributed by atoms with Crippen LogP contribution in [0.4, 0.5) is 15.8 Å². The van der Waals surface area contributed by atoms with Crippen LogP contribution in [-0.4, -0.2) is 12.5 Å². The molecule has 4 nitrogen and oxygen atoms in total. The molecule has 21 heavy (non-hydrogen) atoms. The molecule has 0 atom stereocenters. The number of nitrogens with two attached hydrogens (primary N) is 1. The van der Waals surface area contributed by atoms with E-state index in [1.165, 1.54) is 24.3 Å². The molecule has 0 unspecified atom stereocenters. The molecule has 0 saturated heterocycles. The minimum atomic E-state index is -0.516. The van der Waals surface area contributed by atoms with Crippen LogP contribution >= 0.6 is 27.5 Å². The number of ether oxygens (including phenoxy) is 1. The van der Waals surface area contributed by atoms with Crippen LogP contribution in [0.25, 0.3) is 0 Å². The molecule has 0 aliphatic carbocycles. The van der Waals surface area contributed by atoms with Gasteiger partial charge in [0.15, 0.2) is 12.4 Å². The summed E-state index contributed by atoms with van der Waals surface area (Å²) in [5.74, 6) is -0.706. The quantitative estimate of drug-likeness (QED) is 0.800. The Balaban J connectivity index is 2.01. The molecule has 7 heteroatoms. The lowest BCUT2D eigenvalue weighted by atomic mass is 10.3. The first kappa shape index (κ1) is 15.6. The number of carbonyl (C=O) groups excluding carboxylic acids is 1. The number of carbonyl (C=O) groups is 1. The molecule has 0 bridgehead atoms. The van der Waals surface area contributed by atoms with Crippen molar-refractivity contribution in [3.05, 3.63) is 51.7 Å². The average molecular weight is 374 g/mol. The van der Waals surface area contributed by atoms with Gasteiger partial charge in [0.25, 0.3) is 5.91 Å². The number of hydrogen-bond donors (Lipinski definition) is 2. The van der Waals surface area contributed by atoms with Gasteiger partial charge in [-0.1, -0.05) is 23.7 Å². The summed E-state index contributed by atoms with van der Waals surface area (Å²) in [6.45, 7) is -0.307. The highest BCUT2D eigenvalue weighted by molar-refractivity contribution is 9.10. The molecule has 3 N–H and O–H groups in total. The molecule has 0 aliphatic rings. The van der Waals surface area contributed by atoms with Crippen LogP contribution in [0.2, 0.25) is 5.02 Å². The van der Waals surface area contributed by atoms with E-state index in [1.54, 1.807) is 12.1 Å². The van der Waals surface area contributed by atoms with E-state index >= 15 is 0 Å². The second-order valence-corrected chi connectivity index (χ2v) is 5.41. The highest BCUT2D eigenvalue weighted by atomic mass is 79.9. The number of nitrogens with one attached hydrogen (secondary N) is 1. The fourth-order valence-corrected chi connectivity index (χ4v) is 2.57. The van der Waals surface area contributed by atoms with Crippen molar-refractivity contribution in [2.45, 2.75) is 0 Å². The Kier molecular flexibility index (Phi) is 5.03. The number of amides is 1. The summed E-state index contributed by atoms with van der Waals surface area (Å²) in [5.41, 5.74) is 6.15. The van der Waals surface area contributed by atoms with Gasteiger partial charge in [-0.2, -0.15) is 0 Å². The fourth-order valence-electron chi connectivity index (χ4n) is 1.62. The third-order valence-corrected chi connectivity index (χ3v) is 3.34. The third kappa shape index (κ3) is 4.09. The summed E-state index contributed by atoms with van der Waals surface area (Å²) in [4.78, 5) is 11.7. The molecule has 2 rings (SSSR count). The standard InChI is InChI=1S/C14H11BrClFN2O2/c15-9-5-8(16)6-11(18)14(9)21-7-13(20)19-12-4-2-1-3-10(12)17/h1-6H,7,18H2,(H,19,20). The van der Waals surface area contributed by atoms with E-state index in [0.717, 1.165) is 0 Å². The summed E-state index contributed by atoms with van der Waals surface area (Å²) in [7, 11) is 0. The van der Waals surface area contributed by atoms with Crippen LogP contribution in [0, 0.1) is 5.82 Å². The predicted octanol–water partition coefficient (Wildman–Crippen LogP) is 3.84. The molecule has 2 aromatic carbocycles. The van der Waals surface area contributed by atoms with Gasteiger partial charge in [0.1, 0.15) is 5.82 Å². The van der Waals surface area contributed by atoms with Crippen molar-refractivity contribution < 1.29 is 13.9 Å². The largest absolute Gasteiger partial charge is 0.480 e. The molecule has 0 radical (unpaired) electrons. The Morgan fingerprint density at radius 2 is 2.10 bits per heavy atom. The summed E-state index contributed by atoms with van der Waals surface area (Å²) >= 11 is 9.07. The average Bonchev–Trinajstić information content (AvgIpc) is 2.40. The van der Waals surface area contributed by atoms with E-state index in [4.69, 9.17) is 22.1 Å². The van der Waals surface area contributed by atoms with E-state index < -0.39 is 11.7 Å². The molecular weight excluding hydrogens is 363 g/mol. The normalized spacial score (nSPS) is 10.2. The van der Waals surface area contributed by atoms with Crippen LogP contribution in [0.1, 0.15) is 0 Å². The number of rotatable bonds is 4. The number of nitrogen functional groups attached to an aromatic ring is 1. The van der Waals surface area contributed by atoms with E-state index in [1.807, 2.05) is 0 Å². The first-order valence-corrected chi connectivity index (χ1v) is 7.06. The SMILES string of the molecule is Nc1cc(Cl)cc(Br)c1OCC(=O)Nc1ccccc1F. The number of halogens is 3. The first-order chi connectivity index (χ1) is 9.97. The number of anilines is 2. The van der Waals surface area contributed by atoms with Gasteiger partial charge >= 0.3 is 0 Å². The van der Waals surface area contributed by atoms with Crippen LogP contribution in [-0.2, 0) is 4.79 Å². The molecule has 0 heterocycles. The van der Waals surface area contributed by atoms with Gasteiger partial charge < -0.3 is 15.8 Å². The Morgan fingerprint density at radius 1 is 1.38 bits per heavy atom. The Morgan fingerprint density at radius 3 is 2.76 bits per heavy atom. The van der Waals surface area contributed by atoms with E-state index in [9.17, 15) is 9.18 Å². The van der Waals surface area contributed by atoms with Crippen molar-refractivity contribution in [1.82, 2.24) is 0 Å². The smallest absolute Gasteiger partial charge is 0.262 e. The van der Waals surface area contributed by atoms with Gasteiger partial charge in [-0.15, -0.1) is 0 Å². The van der Waals surface area contributed by atoms with Crippen molar-refractivity contribution in [2.24, 2.45) is 0 Å². The second kappa shape index (κ2) is 6.78. The van der Waals surface area contributed by atoms with Gasteiger partial charge in [-0.3, -0.25) is 4.79 Å². The molecule has 2 aromatic rings. The molecule has 0 aliphatic heterocycles. The van der Waals surface area contributed by atoms with Crippen LogP contribution in [0.3, 0.4) is 0 Å². The molecule has 1 amide bonds. The van der Waals surface area contributed by atoms with E-state index in [0.29, 0.717) is 20.9 Å². The Labute approximate surface area is 134 Å². The minimum absolute atomic E-state index is 0.0919. The maximum Gasteiger partial charge on any atom is 0.262 e. The molecule has 0 spiro atoms. The van der Waals surface area contributed by atoms with Gasteiger partial charge in [0.2, 0.25) is 0 Å². The maximum atomic E-state index is 13.4. The van der Waals surface area contributed by atoms with Gasteiger partial charge in [-0.25, -0.2) is 4.39 Å². The first-order valence-electron chi connectivity index (χ1n) is 5.89. The number of benzene rings is 2. The van der Waals surface area contributed by atoms with Gasteiger partial charge in [0, 0.05) is 5.02 Å². The lowest BCUT2D eigenvalue weighted by Gasteiger charge is -2.11. The van der Waals surface area contributed by atoms with Crippen molar-refractivity contribution in [2.75, 3.05) is 17.7 Å². The monoisotopic (exact) mass is 372 g/mol. The van der Waals surface area contributed by atoms with Gasteiger partial charge in [-0.05, 0) is 40.2 Å². The van der Waals surface area contributed by atoms with E-state index in [-0.39, 0.29) is 12.3 Å². The predicted molar refractivity (Wildman–Crippen MR) is 84.1 cm³/mol. The number of hydrogen-bond acceptors (Lipinski definition) is 3. The Bertz CT molecular complexity index is 659. The Hall–Kier alpha value is -1.79. The van der Waals surface area contributed by atoms with E-state index in [2.05, 4.69) is 21.2 Å². The lowest BCUT2D eigenvalue weighted by Crippen LogP contribution is -2.21. The zero-order valence-corrected chi connectivity index (χ0v) is 13.0. The molecule has 110 valence electrons. The molecular formula is C14H11BrClFN2O2. The van der Waals surface area contributed by atoms with Crippen molar-refractivity contribution in [3.8, 4) is 5.75 Å². The van der Waals surface area contributed by atoms with Crippen LogP contribution < -0.4 is 15.8 Å². The maximum absolute atomic E-state index is 13.4. The molecule has 0 aromatic heterocycles. The second-order valence-electron chi connectivity index (χ2n) is 4.12. The molecule has 0 saturated carbocycles. The van der Waals surface area contributed by atoms with Gasteiger partial charge in [0.05, 0.1) is 15.8 Å². The van der Waals surface area contributed by atoms with Crippen LogP contribution in [0.15, 0.2) is 40.9 Å². The zero-order chi connectivity index (χ0) is 15.4. The summed E-state index contributed by atoms with van der Waals surface area (Å²) in [6, 6.07) is 8.98. The molecule has 0 fully saturated rings.